The maximum Gasteiger partial charge on any atom is 0.338 e. The van der Waals surface area contributed by atoms with Crippen molar-refractivity contribution in [3.05, 3.63) is 41.2 Å². The summed E-state index contributed by atoms with van der Waals surface area (Å²) in [7, 11) is -3.71. The molecule has 1 aliphatic rings. The largest absolute Gasteiger partial charge is 0.508 e. The fourth-order valence-electron chi connectivity index (χ4n) is 2.25. The third-order valence-electron chi connectivity index (χ3n) is 3.63. The molecule has 1 aromatic carbocycles. The van der Waals surface area contributed by atoms with Crippen LogP contribution >= 0.6 is 0 Å². The predicted molar refractivity (Wildman–Crippen MR) is 93.8 cm³/mol. The molecule has 26 heavy (non-hydrogen) atoms. The van der Waals surface area contributed by atoms with Gasteiger partial charge in [-0.2, -0.15) is 0 Å². The number of nitrogens with one attached hydrogen (secondary N) is 2. The Bertz CT molecular complexity index is 868. The number of benzene rings is 1. The number of rotatable bonds is 8. The number of sulfonamides is 1. The fraction of sp³-hybridized carbons (Fsp3) is 0.353. The second kappa shape index (κ2) is 7.79. The first kappa shape index (κ1) is 19.8. The van der Waals surface area contributed by atoms with Gasteiger partial charge in [-0.15, -0.1) is 0 Å². The van der Waals surface area contributed by atoms with Gasteiger partial charge >= 0.3 is 5.97 Å². The highest BCUT2D eigenvalue weighted by atomic mass is 32.2. The number of hydrogen-bond donors (Lipinski definition) is 3. The number of esters is 1. The van der Waals surface area contributed by atoms with Crippen LogP contribution in [0, 0.1) is 5.41 Å². The molecule has 9 heteroatoms. The standard InChI is InChI=1S/C17H20N2O6S/c1-10(18)16(11(2)20)15(21)9-25-17(22)12-4-3-5-14(8-12)26(23,24)19-13-6-7-13/h3-5,8,13,18-19,21H,6-7,9H2,1-2H3/b16-15-,18-10?. The monoisotopic (exact) mass is 380 g/mol. The van der Waals surface area contributed by atoms with Crippen molar-refractivity contribution in [2.45, 2.75) is 37.6 Å². The summed E-state index contributed by atoms with van der Waals surface area (Å²) in [6.45, 7) is 1.92. The summed E-state index contributed by atoms with van der Waals surface area (Å²) in [4.78, 5) is 23.5. The highest BCUT2D eigenvalue weighted by Crippen LogP contribution is 2.22. The average Bonchev–Trinajstić information content (AvgIpc) is 3.35. The van der Waals surface area contributed by atoms with Crippen molar-refractivity contribution in [3.63, 3.8) is 0 Å². The molecule has 1 aliphatic carbocycles. The molecule has 2 rings (SSSR count). The van der Waals surface area contributed by atoms with Gasteiger partial charge in [0.05, 0.1) is 16.0 Å². The number of allylic oxidation sites excluding steroid dienone is 1. The molecule has 0 heterocycles. The predicted octanol–water partition coefficient (Wildman–Crippen LogP) is 1.72. The first-order valence-corrected chi connectivity index (χ1v) is 9.38. The molecule has 0 spiro atoms. The summed E-state index contributed by atoms with van der Waals surface area (Å²) < 4.78 is 31.8. The zero-order valence-corrected chi connectivity index (χ0v) is 15.2. The number of carbonyl (C=O) groups is 2. The van der Waals surface area contributed by atoms with Crippen molar-refractivity contribution in [3.8, 4) is 0 Å². The quantitative estimate of drug-likeness (QED) is 0.272. The Hall–Kier alpha value is -2.52. The Morgan fingerprint density at radius 2 is 1.96 bits per heavy atom. The number of ether oxygens (including phenoxy) is 1. The van der Waals surface area contributed by atoms with E-state index >= 15 is 0 Å². The van der Waals surface area contributed by atoms with E-state index in [1.165, 1.54) is 38.1 Å². The lowest BCUT2D eigenvalue weighted by Gasteiger charge is -2.09. The van der Waals surface area contributed by atoms with Crippen LogP contribution in [0.1, 0.15) is 37.0 Å². The third-order valence-corrected chi connectivity index (χ3v) is 5.15. The summed E-state index contributed by atoms with van der Waals surface area (Å²) in [6, 6.07) is 5.28. The number of hydrogen-bond acceptors (Lipinski definition) is 7. The SMILES string of the molecule is CC(=N)/C(C(C)=O)=C(/O)COC(=O)c1cccc(S(=O)(=O)NC2CC2)c1. The van der Waals surface area contributed by atoms with Gasteiger partial charge in [0, 0.05) is 11.8 Å². The lowest BCUT2D eigenvalue weighted by Crippen LogP contribution is -2.26. The molecular weight excluding hydrogens is 360 g/mol. The first-order valence-electron chi connectivity index (χ1n) is 7.90. The van der Waals surface area contributed by atoms with E-state index in [1.807, 2.05) is 0 Å². The highest BCUT2D eigenvalue weighted by Gasteiger charge is 2.28. The van der Waals surface area contributed by atoms with Crippen molar-refractivity contribution >= 4 is 27.5 Å². The van der Waals surface area contributed by atoms with Crippen LogP contribution in [-0.4, -0.2) is 43.6 Å². The number of aliphatic hydroxyl groups is 1. The van der Waals surface area contributed by atoms with Crippen molar-refractivity contribution < 1.29 is 27.9 Å². The van der Waals surface area contributed by atoms with Crippen molar-refractivity contribution in [1.82, 2.24) is 4.72 Å². The van der Waals surface area contributed by atoms with Crippen molar-refractivity contribution in [2.24, 2.45) is 0 Å². The number of Topliss-reactive ketones (excluding diaryl/α,β-unsaturated/α-hetero) is 1. The lowest BCUT2D eigenvalue weighted by molar-refractivity contribution is -0.113. The van der Waals surface area contributed by atoms with Crippen LogP contribution < -0.4 is 4.72 Å². The minimum Gasteiger partial charge on any atom is -0.508 e. The molecule has 0 atom stereocenters. The van der Waals surface area contributed by atoms with E-state index in [-0.39, 0.29) is 27.8 Å². The van der Waals surface area contributed by atoms with Crippen LogP contribution in [0.5, 0.6) is 0 Å². The zero-order valence-electron chi connectivity index (χ0n) is 14.4. The van der Waals surface area contributed by atoms with Gasteiger partial charge in [0.2, 0.25) is 10.0 Å². The topological polar surface area (TPSA) is 134 Å². The maximum absolute atomic E-state index is 12.2. The molecule has 0 aromatic heterocycles. The second-order valence-electron chi connectivity index (χ2n) is 6.00. The fourth-order valence-corrected chi connectivity index (χ4v) is 3.60. The lowest BCUT2D eigenvalue weighted by atomic mass is 10.1. The summed E-state index contributed by atoms with van der Waals surface area (Å²) in [5.74, 6) is -1.91. The molecule has 1 saturated carbocycles. The van der Waals surface area contributed by atoms with E-state index in [2.05, 4.69) is 4.72 Å². The number of aliphatic hydroxyl groups excluding tert-OH is 1. The van der Waals surface area contributed by atoms with Crippen LogP contribution in [-0.2, 0) is 19.6 Å². The van der Waals surface area contributed by atoms with E-state index in [0.29, 0.717) is 0 Å². The van der Waals surface area contributed by atoms with Crippen molar-refractivity contribution in [1.29, 1.82) is 5.41 Å². The summed E-state index contributed by atoms with van der Waals surface area (Å²) in [6.07, 6.45) is 1.58. The Balaban J connectivity index is 2.13. The van der Waals surface area contributed by atoms with Crippen LogP contribution in [0.25, 0.3) is 0 Å². The van der Waals surface area contributed by atoms with Crippen LogP contribution in [0.4, 0.5) is 0 Å². The molecule has 0 unspecified atom stereocenters. The Labute approximate surface area is 151 Å². The molecular formula is C17H20N2O6S. The molecule has 8 nitrogen and oxygen atoms in total. The molecule has 1 aromatic rings. The average molecular weight is 380 g/mol. The zero-order chi connectivity index (χ0) is 19.5. The minimum atomic E-state index is -3.71. The molecule has 0 saturated heterocycles. The maximum atomic E-state index is 12.2. The van der Waals surface area contributed by atoms with Crippen molar-refractivity contribution in [2.75, 3.05) is 6.61 Å². The summed E-state index contributed by atoms with van der Waals surface area (Å²) in [5.41, 5.74) is -0.375. The molecule has 0 aliphatic heterocycles. The van der Waals surface area contributed by atoms with Crippen LogP contribution in [0.2, 0.25) is 0 Å². The van der Waals surface area contributed by atoms with Crippen LogP contribution in [0.15, 0.2) is 40.5 Å². The van der Waals surface area contributed by atoms with Gasteiger partial charge in [-0.05, 0) is 44.9 Å². The Kier molecular flexibility index (Phi) is 5.94. The normalized spacial score (nSPS) is 15.2. The van der Waals surface area contributed by atoms with E-state index in [1.54, 1.807) is 0 Å². The molecule has 3 N–H and O–H groups in total. The van der Waals surface area contributed by atoms with E-state index in [4.69, 9.17) is 10.1 Å². The highest BCUT2D eigenvalue weighted by molar-refractivity contribution is 7.89. The third kappa shape index (κ3) is 4.99. The number of carbonyl (C=O) groups excluding carboxylic acids is 2. The molecule has 1 fully saturated rings. The van der Waals surface area contributed by atoms with E-state index in [9.17, 15) is 23.1 Å². The smallest absolute Gasteiger partial charge is 0.338 e. The number of ketones is 1. The van der Waals surface area contributed by atoms with E-state index in [0.717, 1.165) is 12.8 Å². The Morgan fingerprint density at radius 3 is 2.50 bits per heavy atom. The molecule has 0 radical (unpaired) electrons. The van der Waals surface area contributed by atoms with Gasteiger partial charge in [0.25, 0.3) is 0 Å². The first-order chi connectivity index (χ1) is 12.1. The van der Waals surface area contributed by atoms with Crippen LogP contribution in [0.3, 0.4) is 0 Å². The second-order valence-corrected chi connectivity index (χ2v) is 7.72. The summed E-state index contributed by atoms with van der Waals surface area (Å²) in [5, 5.41) is 17.3. The molecule has 0 bridgehead atoms. The van der Waals surface area contributed by atoms with Gasteiger partial charge in [0.1, 0.15) is 12.4 Å². The minimum absolute atomic E-state index is 0.00702. The van der Waals surface area contributed by atoms with Gasteiger partial charge < -0.3 is 15.3 Å². The Morgan fingerprint density at radius 1 is 1.31 bits per heavy atom. The molecule has 0 amide bonds. The van der Waals surface area contributed by atoms with Gasteiger partial charge in [-0.25, -0.2) is 17.9 Å². The molecule has 140 valence electrons. The van der Waals surface area contributed by atoms with E-state index < -0.39 is 34.1 Å². The van der Waals surface area contributed by atoms with Gasteiger partial charge in [0.15, 0.2) is 5.78 Å². The van der Waals surface area contributed by atoms with Gasteiger partial charge in [-0.3, -0.25) is 4.79 Å². The van der Waals surface area contributed by atoms with Gasteiger partial charge in [-0.1, -0.05) is 6.07 Å². The summed E-state index contributed by atoms with van der Waals surface area (Å²) >= 11 is 0.